The summed E-state index contributed by atoms with van der Waals surface area (Å²) in [5, 5.41) is 0. The zero-order valence-corrected chi connectivity index (χ0v) is 17.3. The number of hydrogen-bond acceptors (Lipinski definition) is 5. The van der Waals surface area contributed by atoms with Crippen LogP contribution in [-0.4, -0.2) is 99.6 Å². The lowest BCUT2D eigenvalue weighted by atomic mass is 10.1. The van der Waals surface area contributed by atoms with Gasteiger partial charge >= 0.3 is 0 Å². The molecule has 1 aromatic rings. The molecule has 0 bridgehead atoms. The zero-order chi connectivity index (χ0) is 20.1. The van der Waals surface area contributed by atoms with E-state index in [-0.39, 0.29) is 17.9 Å². The molecule has 0 spiro atoms. The van der Waals surface area contributed by atoms with Gasteiger partial charge < -0.3 is 19.4 Å². The molecule has 1 aromatic carbocycles. The number of likely N-dealkylation sites (tertiary alicyclic amines) is 1. The lowest BCUT2D eigenvalue weighted by Gasteiger charge is -2.26. The van der Waals surface area contributed by atoms with Crippen molar-refractivity contribution in [2.75, 3.05) is 72.0 Å². The Bertz CT molecular complexity index is 694. The highest BCUT2D eigenvalue weighted by Gasteiger charge is 2.36. The minimum absolute atomic E-state index is 0.0519. The molecule has 0 aliphatic carbocycles. The first-order valence-electron chi connectivity index (χ1n) is 10.1. The van der Waals surface area contributed by atoms with Crippen LogP contribution in [0.1, 0.15) is 23.2 Å². The van der Waals surface area contributed by atoms with Crippen LogP contribution in [0, 0.1) is 0 Å². The van der Waals surface area contributed by atoms with E-state index in [1.54, 1.807) is 7.11 Å². The highest BCUT2D eigenvalue weighted by molar-refractivity contribution is 5.95. The van der Waals surface area contributed by atoms with Crippen molar-refractivity contribution in [1.29, 1.82) is 0 Å². The number of carbonyl (C=O) groups excluding carboxylic acids is 2. The van der Waals surface area contributed by atoms with Gasteiger partial charge in [0, 0.05) is 71.7 Å². The molecule has 2 aliphatic heterocycles. The van der Waals surface area contributed by atoms with Crippen molar-refractivity contribution in [3.05, 3.63) is 29.8 Å². The van der Waals surface area contributed by atoms with Crippen LogP contribution in [0.5, 0.6) is 0 Å². The van der Waals surface area contributed by atoms with Crippen LogP contribution >= 0.6 is 0 Å². The minimum atomic E-state index is -0.0519. The van der Waals surface area contributed by atoms with Crippen molar-refractivity contribution in [2.24, 2.45) is 0 Å². The zero-order valence-electron chi connectivity index (χ0n) is 17.3. The van der Waals surface area contributed by atoms with Crippen LogP contribution < -0.4 is 4.90 Å². The molecule has 0 radical (unpaired) electrons. The minimum Gasteiger partial charge on any atom is -0.383 e. The predicted octanol–water partition coefficient (Wildman–Crippen LogP) is 1.15. The van der Waals surface area contributed by atoms with Gasteiger partial charge in [-0.25, -0.2) is 0 Å². The SMILES string of the molecule is COCCN1CC[C@@H](N2CCCN(C(=O)c3cccc(N(C)C)c3)CC2)C1=O. The maximum Gasteiger partial charge on any atom is 0.253 e. The number of carbonyl (C=O) groups is 2. The smallest absolute Gasteiger partial charge is 0.253 e. The molecule has 2 heterocycles. The van der Waals surface area contributed by atoms with Crippen molar-refractivity contribution in [1.82, 2.24) is 14.7 Å². The van der Waals surface area contributed by atoms with Crippen LogP contribution in [0.15, 0.2) is 24.3 Å². The molecule has 2 fully saturated rings. The molecule has 0 N–H and O–H groups in total. The van der Waals surface area contributed by atoms with E-state index in [4.69, 9.17) is 4.74 Å². The maximum absolute atomic E-state index is 13.0. The normalized spacial score (nSPS) is 21.1. The fraction of sp³-hybridized carbons (Fsp3) is 0.619. The maximum atomic E-state index is 13.0. The molecule has 3 rings (SSSR count). The number of benzene rings is 1. The van der Waals surface area contributed by atoms with Crippen LogP contribution in [-0.2, 0) is 9.53 Å². The summed E-state index contributed by atoms with van der Waals surface area (Å²) < 4.78 is 5.10. The summed E-state index contributed by atoms with van der Waals surface area (Å²) in [6, 6.07) is 7.70. The van der Waals surface area contributed by atoms with Gasteiger partial charge in [0.05, 0.1) is 12.6 Å². The Labute approximate surface area is 167 Å². The molecule has 154 valence electrons. The number of amides is 2. The average molecular weight is 389 g/mol. The Hall–Kier alpha value is -2.12. The third-order valence-electron chi connectivity index (χ3n) is 5.70. The summed E-state index contributed by atoms with van der Waals surface area (Å²) in [6.45, 7) is 5.02. The van der Waals surface area contributed by atoms with Crippen LogP contribution in [0.3, 0.4) is 0 Å². The lowest BCUT2D eigenvalue weighted by molar-refractivity contribution is -0.132. The van der Waals surface area contributed by atoms with Gasteiger partial charge in [-0.3, -0.25) is 14.5 Å². The first kappa shape index (κ1) is 20.6. The molecular weight excluding hydrogens is 356 g/mol. The van der Waals surface area contributed by atoms with E-state index in [2.05, 4.69) is 4.90 Å². The average Bonchev–Trinajstić information content (AvgIpc) is 2.91. The van der Waals surface area contributed by atoms with Gasteiger partial charge in [-0.15, -0.1) is 0 Å². The van der Waals surface area contributed by atoms with Gasteiger partial charge in [0.2, 0.25) is 5.91 Å². The van der Waals surface area contributed by atoms with Crippen molar-refractivity contribution >= 4 is 17.5 Å². The van der Waals surface area contributed by atoms with Gasteiger partial charge in [-0.2, -0.15) is 0 Å². The summed E-state index contributed by atoms with van der Waals surface area (Å²) >= 11 is 0. The number of hydrogen-bond donors (Lipinski definition) is 0. The van der Waals surface area contributed by atoms with Crippen molar-refractivity contribution in [3.63, 3.8) is 0 Å². The molecule has 2 aliphatic rings. The van der Waals surface area contributed by atoms with Crippen LogP contribution in [0.2, 0.25) is 0 Å². The van der Waals surface area contributed by atoms with Crippen molar-refractivity contribution in [2.45, 2.75) is 18.9 Å². The summed E-state index contributed by atoms with van der Waals surface area (Å²) in [5.74, 6) is 0.278. The van der Waals surface area contributed by atoms with Crippen LogP contribution in [0.25, 0.3) is 0 Å². The topological polar surface area (TPSA) is 56.3 Å². The second kappa shape index (κ2) is 9.39. The molecule has 0 saturated carbocycles. The molecule has 28 heavy (non-hydrogen) atoms. The van der Waals surface area contributed by atoms with E-state index in [1.165, 1.54) is 0 Å². The fourth-order valence-corrected chi connectivity index (χ4v) is 4.04. The number of ether oxygens (including phenoxy) is 1. The summed E-state index contributed by atoms with van der Waals surface area (Å²) in [6.07, 6.45) is 1.75. The number of anilines is 1. The molecule has 0 aromatic heterocycles. The number of nitrogens with zero attached hydrogens (tertiary/aromatic N) is 4. The summed E-state index contributed by atoms with van der Waals surface area (Å²) in [7, 11) is 5.61. The standard InChI is InChI=1S/C21H32N4O3/c1-22(2)18-7-4-6-17(16-18)20(26)24-10-5-9-23(12-13-24)19-8-11-25(21(19)27)14-15-28-3/h4,6-7,16,19H,5,8-15H2,1-3H3/t19-/m1/s1. The summed E-state index contributed by atoms with van der Waals surface area (Å²) in [5.41, 5.74) is 1.75. The third-order valence-corrected chi connectivity index (χ3v) is 5.70. The molecule has 1 atom stereocenters. The second-order valence-corrected chi connectivity index (χ2v) is 7.75. The Morgan fingerprint density at radius 3 is 2.75 bits per heavy atom. The van der Waals surface area contributed by atoms with Crippen LogP contribution in [0.4, 0.5) is 5.69 Å². The second-order valence-electron chi connectivity index (χ2n) is 7.75. The van der Waals surface area contributed by atoms with Gasteiger partial charge in [0.15, 0.2) is 0 Å². The van der Waals surface area contributed by atoms with E-state index in [9.17, 15) is 9.59 Å². The van der Waals surface area contributed by atoms with E-state index in [0.29, 0.717) is 19.7 Å². The van der Waals surface area contributed by atoms with Gasteiger partial charge in [-0.1, -0.05) is 6.07 Å². The van der Waals surface area contributed by atoms with E-state index < -0.39 is 0 Å². The molecular formula is C21H32N4O3. The molecule has 0 unspecified atom stereocenters. The molecule has 2 saturated heterocycles. The quantitative estimate of drug-likeness (QED) is 0.732. The highest BCUT2D eigenvalue weighted by Crippen LogP contribution is 2.20. The summed E-state index contributed by atoms with van der Waals surface area (Å²) in [4.78, 5) is 33.8. The van der Waals surface area contributed by atoms with E-state index >= 15 is 0 Å². The third kappa shape index (κ3) is 4.64. The van der Waals surface area contributed by atoms with Gasteiger partial charge in [0.25, 0.3) is 5.91 Å². The fourth-order valence-electron chi connectivity index (χ4n) is 4.04. The Morgan fingerprint density at radius 2 is 2.00 bits per heavy atom. The van der Waals surface area contributed by atoms with Gasteiger partial charge in [0.1, 0.15) is 0 Å². The highest BCUT2D eigenvalue weighted by atomic mass is 16.5. The largest absolute Gasteiger partial charge is 0.383 e. The number of rotatable bonds is 6. The van der Waals surface area contributed by atoms with Crippen molar-refractivity contribution in [3.8, 4) is 0 Å². The van der Waals surface area contributed by atoms with E-state index in [0.717, 1.165) is 50.3 Å². The predicted molar refractivity (Wildman–Crippen MR) is 110 cm³/mol. The molecule has 2 amide bonds. The van der Waals surface area contributed by atoms with Crippen molar-refractivity contribution < 1.29 is 14.3 Å². The first-order valence-corrected chi connectivity index (χ1v) is 10.1. The first-order chi connectivity index (χ1) is 13.5. The Morgan fingerprint density at radius 1 is 1.18 bits per heavy atom. The Balaban J connectivity index is 1.60. The van der Waals surface area contributed by atoms with E-state index in [1.807, 2.05) is 53.1 Å². The molecule has 7 nitrogen and oxygen atoms in total. The Kier molecular flexibility index (Phi) is 6.91. The lowest BCUT2D eigenvalue weighted by Crippen LogP contribution is -2.44. The monoisotopic (exact) mass is 388 g/mol. The van der Waals surface area contributed by atoms with Gasteiger partial charge in [-0.05, 0) is 31.0 Å². The molecule has 7 heteroatoms. The number of methoxy groups -OCH3 is 1.